The van der Waals surface area contributed by atoms with E-state index in [0.29, 0.717) is 23.9 Å². The average Bonchev–Trinajstić information content (AvgIpc) is 3.07. The first-order valence-corrected chi connectivity index (χ1v) is 22.6. The number of allylic oxidation sites excluding steroid dienone is 4. The van der Waals surface area contributed by atoms with Crippen molar-refractivity contribution in [2.45, 2.75) is 199 Å². The monoisotopic (exact) mass is 743 g/mol. The number of phosphoric acid groups is 1. The maximum absolute atomic E-state index is 12.8. The van der Waals surface area contributed by atoms with E-state index in [1.807, 2.05) is 21.1 Å². The number of amides is 1. The van der Waals surface area contributed by atoms with Gasteiger partial charge < -0.3 is 28.8 Å². The lowest BCUT2D eigenvalue weighted by atomic mass is 10.0. The molecule has 8 nitrogen and oxygen atoms in total. The number of carbonyl (C=O) groups is 1. The fourth-order valence-corrected chi connectivity index (χ4v) is 6.73. The van der Waals surface area contributed by atoms with Gasteiger partial charge in [0.2, 0.25) is 5.91 Å². The minimum Gasteiger partial charge on any atom is -0.756 e. The zero-order chi connectivity index (χ0) is 37.9. The van der Waals surface area contributed by atoms with Gasteiger partial charge >= 0.3 is 0 Å². The number of quaternary nitrogens is 1. The number of aliphatic hydroxyl groups is 1. The summed E-state index contributed by atoms with van der Waals surface area (Å²) < 4.78 is 23.2. The number of likely N-dealkylation sites (N-methyl/N-ethyl adjacent to an activating group) is 1. The van der Waals surface area contributed by atoms with Gasteiger partial charge in [-0.3, -0.25) is 9.36 Å². The first kappa shape index (κ1) is 50.0. The van der Waals surface area contributed by atoms with Crippen LogP contribution in [-0.2, 0) is 18.4 Å². The van der Waals surface area contributed by atoms with Gasteiger partial charge in [0, 0.05) is 6.42 Å². The molecule has 0 aliphatic carbocycles. The molecule has 0 aromatic carbocycles. The Balaban J connectivity index is 4.32. The Bertz CT molecular complexity index is 891. The van der Waals surface area contributed by atoms with Gasteiger partial charge in [-0.1, -0.05) is 160 Å². The average molecular weight is 743 g/mol. The largest absolute Gasteiger partial charge is 0.756 e. The van der Waals surface area contributed by atoms with Crippen molar-refractivity contribution < 1.29 is 32.9 Å². The van der Waals surface area contributed by atoms with Crippen LogP contribution in [0.5, 0.6) is 0 Å². The summed E-state index contributed by atoms with van der Waals surface area (Å²) in [6.07, 6.45) is 38.9. The minimum absolute atomic E-state index is 0.0115. The molecule has 0 radical (unpaired) electrons. The highest BCUT2D eigenvalue weighted by molar-refractivity contribution is 7.45. The quantitative estimate of drug-likeness (QED) is 0.0282. The lowest BCUT2D eigenvalue weighted by Gasteiger charge is -2.30. The number of hydrogen-bond acceptors (Lipinski definition) is 6. The molecule has 9 heteroatoms. The van der Waals surface area contributed by atoms with Gasteiger partial charge in [-0.2, -0.15) is 0 Å². The third-order valence-corrected chi connectivity index (χ3v) is 10.4. The van der Waals surface area contributed by atoms with Crippen LogP contribution in [-0.4, -0.2) is 68.5 Å². The van der Waals surface area contributed by atoms with E-state index in [1.54, 1.807) is 0 Å². The SMILES string of the molecule is CCCCC/C=C\C/C=C\CCCCCCCCCCCC(=O)NC(COP(=O)([O-])OCC[N+](C)(C)C)C(O)CCCCCCCCCCCC. The number of hydrogen-bond donors (Lipinski definition) is 2. The number of unbranched alkanes of at least 4 members (excludes halogenated alkanes) is 21. The van der Waals surface area contributed by atoms with E-state index in [4.69, 9.17) is 9.05 Å². The van der Waals surface area contributed by atoms with Crippen LogP contribution in [0.2, 0.25) is 0 Å². The van der Waals surface area contributed by atoms with Gasteiger partial charge in [0.1, 0.15) is 13.2 Å². The molecule has 0 aliphatic rings. The van der Waals surface area contributed by atoms with Crippen molar-refractivity contribution in [1.82, 2.24) is 5.32 Å². The second-order valence-electron chi connectivity index (χ2n) is 15.7. The second kappa shape index (κ2) is 34.7. The zero-order valence-electron chi connectivity index (χ0n) is 34.1. The van der Waals surface area contributed by atoms with Gasteiger partial charge in [-0.25, -0.2) is 0 Å². The van der Waals surface area contributed by atoms with Crippen LogP contribution in [0.15, 0.2) is 24.3 Å². The number of aliphatic hydroxyl groups excluding tert-OH is 1. The predicted octanol–water partition coefficient (Wildman–Crippen LogP) is 10.7. The van der Waals surface area contributed by atoms with Gasteiger partial charge in [-0.15, -0.1) is 0 Å². The molecule has 0 saturated carbocycles. The highest BCUT2D eigenvalue weighted by atomic mass is 31.2. The van der Waals surface area contributed by atoms with Crippen LogP contribution < -0.4 is 10.2 Å². The van der Waals surface area contributed by atoms with Gasteiger partial charge in [0.25, 0.3) is 7.82 Å². The Hall–Kier alpha value is -1.02. The normalized spacial score (nSPS) is 14.7. The molecule has 3 unspecified atom stereocenters. The molecule has 1 amide bonds. The van der Waals surface area contributed by atoms with Crippen molar-refractivity contribution >= 4 is 13.7 Å². The Labute approximate surface area is 315 Å². The Kier molecular flexibility index (Phi) is 34.0. The first-order valence-electron chi connectivity index (χ1n) is 21.2. The highest BCUT2D eigenvalue weighted by Crippen LogP contribution is 2.38. The van der Waals surface area contributed by atoms with Gasteiger partial charge in [0.05, 0.1) is 39.9 Å². The third kappa shape index (κ3) is 37.1. The summed E-state index contributed by atoms with van der Waals surface area (Å²) in [6.45, 7) is 4.67. The van der Waals surface area contributed by atoms with E-state index in [9.17, 15) is 19.4 Å². The van der Waals surface area contributed by atoms with E-state index < -0.39 is 20.0 Å². The minimum atomic E-state index is -4.56. The second-order valence-corrected chi connectivity index (χ2v) is 17.1. The van der Waals surface area contributed by atoms with E-state index >= 15 is 0 Å². The Morgan fingerprint density at radius 3 is 1.67 bits per heavy atom. The van der Waals surface area contributed by atoms with Gasteiger partial charge in [-0.05, 0) is 44.9 Å². The predicted molar refractivity (Wildman–Crippen MR) is 215 cm³/mol. The summed E-state index contributed by atoms with van der Waals surface area (Å²) >= 11 is 0. The van der Waals surface area contributed by atoms with Crippen LogP contribution in [0.1, 0.15) is 187 Å². The number of carbonyl (C=O) groups excluding carboxylic acids is 1. The molecular formula is C42H83N2O6P. The van der Waals surface area contributed by atoms with Crippen LogP contribution in [0.3, 0.4) is 0 Å². The fraction of sp³-hybridized carbons (Fsp3) is 0.881. The smallest absolute Gasteiger partial charge is 0.268 e. The van der Waals surface area contributed by atoms with Gasteiger partial charge in [0.15, 0.2) is 0 Å². The molecule has 0 saturated heterocycles. The molecule has 0 heterocycles. The van der Waals surface area contributed by atoms with E-state index in [0.717, 1.165) is 44.9 Å². The summed E-state index contributed by atoms with van der Waals surface area (Å²) in [5.74, 6) is -0.172. The topological polar surface area (TPSA) is 108 Å². The van der Waals surface area contributed by atoms with Crippen molar-refractivity contribution in [3.05, 3.63) is 24.3 Å². The molecule has 0 aliphatic heterocycles. The number of nitrogens with zero attached hydrogens (tertiary/aromatic N) is 1. The number of phosphoric ester groups is 1. The molecule has 0 rings (SSSR count). The maximum atomic E-state index is 12.8. The van der Waals surface area contributed by atoms with Crippen LogP contribution >= 0.6 is 7.82 Å². The van der Waals surface area contributed by atoms with Crippen LogP contribution in [0.4, 0.5) is 0 Å². The summed E-state index contributed by atoms with van der Waals surface area (Å²) in [7, 11) is 1.30. The molecular weight excluding hydrogens is 659 g/mol. The van der Waals surface area contributed by atoms with Crippen molar-refractivity contribution in [1.29, 1.82) is 0 Å². The first-order chi connectivity index (χ1) is 24.5. The summed E-state index contributed by atoms with van der Waals surface area (Å²) in [5.41, 5.74) is 0. The molecule has 0 aromatic heterocycles. The van der Waals surface area contributed by atoms with E-state index in [1.165, 1.54) is 116 Å². The molecule has 302 valence electrons. The van der Waals surface area contributed by atoms with E-state index in [-0.39, 0.29) is 19.1 Å². The number of nitrogens with one attached hydrogen (secondary N) is 1. The summed E-state index contributed by atoms with van der Waals surface area (Å²) in [6, 6.07) is -0.798. The number of rotatable bonds is 38. The van der Waals surface area contributed by atoms with Crippen molar-refractivity contribution in [3.8, 4) is 0 Å². The van der Waals surface area contributed by atoms with E-state index in [2.05, 4.69) is 43.5 Å². The molecule has 0 bridgehead atoms. The zero-order valence-corrected chi connectivity index (χ0v) is 35.0. The standard InChI is InChI=1S/C42H83N2O6P/c1-6-8-10-12-14-16-18-19-20-21-22-23-24-25-26-28-30-32-34-36-42(46)43-40(39-50-51(47,48)49-38-37-44(3,4)5)41(45)35-33-31-29-27-17-15-13-11-9-7-2/h14,16,19-20,40-41,45H,6-13,15,17-18,21-39H2,1-5H3,(H-,43,46,47,48)/b16-14-,20-19-. The molecule has 0 spiro atoms. The Morgan fingerprint density at radius 1 is 0.686 bits per heavy atom. The summed E-state index contributed by atoms with van der Waals surface area (Å²) in [4.78, 5) is 25.2. The lowest BCUT2D eigenvalue weighted by molar-refractivity contribution is -0.870. The molecule has 3 atom stereocenters. The van der Waals surface area contributed by atoms with Crippen molar-refractivity contribution in [3.63, 3.8) is 0 Å². The third-order valence-electron chi connectivity index (χ3n) is 9.44. The lowest BCUT2D eigenvalue weighted by Crippen LogP contribution is -2.46. The fourth-order valence-electron chi connectivity index (χ4n) is 6.01. The highest BCUT2D eigenvalue weighted by Gasteiger charge is 2.24. The summed E-state index contributed by atoms with van der Waals surface area (Å²) in [5, 5.41) is 13.8. The van der Waals surface area contributed by atoms with Crippen molar-refractivity contribution in [2.24, 2.45) is 0 Å². The van der Waals surface area contributed by atoms with Crippen LogP contribution in [0, 0.1) is 0 Å². The molecule has 51 heavy (non-hydrogen) atoms. The molecule has 0 aromatic rings. The van der Waals surface area contributed by atoms with Crippen LogP contribution in [0.25, 0.3) is 0 Å². The molecule has 2 N–H and O–H groups in total. The Morgan fingerprint density at radius 2 is 1.14 bits per heavy atom. The molecule has 0 fully saturated rings. The van der Waals surface area contributed by atoms with Crippen molar-refractivity contribution in [2.75, 3.05) is 40.9 Å². The maximum Gasteiger partial charge on any atom is 0.268 e.